The van der Waals surface area contributed by atoms with E-state index in [9.17, 15) is 9.90 Å². The van der Waals surface area contributed by atoms with Gasteiger partial charge in [-0.1, -0.05) is 31.4 Å². The van der Waals surface area contributed by atoms with Gasteiger partial charge in [0.2, 0.25) is 5.91 Å². The first-order chi connectivity index (χ1) is 10.6. The number of hydrogen-bond acceptors (Lipinski definition) is 3. The molecule has 1 saturated carbocycles. The standard InChI is InChI=1S/C18H23NO3/c1-13-5-6-15-14(11-22-16(15)9-13)10-17(20)19-12-18(21)7-3-2-4-8-18/h5-6,9,11,21H,2-4,7-8,10,12H2,1H3,(H,19,20). The van der Waals surface area contributed by atoms with Crippen LogP contribution >= 0.6 is 0 Å². The van der Waals surface area contributed by atoms with Crippen LogP contribution in [0, 0.1) is 6.92 Å². The van der Waals surface area contributed by atoms with Gasteiger partial charge in [0.05, 0.1) is 18.3 Å². The molecule has 1 aliphatic carbocycles. The highest BCUT2D eigenvalue weighted by Gasteiger charge is 2.29. The maximum absolute atomic E-state index is 12.1. The first-order valence-electron chi connectivity index (χ1n) is 8.02. The normalized spacial score (nSPS) is 17.5. The molecular formula is C18H23NO3. The van der Waals surface area contributed by atoms with Gasteiger partial charge in [0.25, 0.3) is 0 Å². The van der Waals surface area contributed by atoms with Crippen LogP contribution in [0.15, 0.2) is 28.9 Å². The van der Waals surface area contributed by atoms with Crippen LogP contribution in [-0.4, -0.2) is 23.2 Å². The number of nitrogens with one attached hydrogen (secondary N) is 1. The van der Waals surface area contributed by atoms with Crippen molar-refractivity contribution in [2.45, 2.75) is 51.0 Å². The van der Waals surface area contributed by atoms with Gasteiger partial charge in [-0.15, -0.1) is 0 Å². The van der Waals surface area contributed by atoms with Crippen molar-refractivity contribution in [1.29, 1.82) is 0 Å². The summed E-state index contributed by atoms with van der Waals surface area (Å²) in [4.78, 5) is 12.1. The van der Waals surface area contributed by atoms with Crippen molar-refractivity contribution in [3.8, 4) is 0 Å². The van der Waals surface area contributed by atoms with Crippen LogP contribution in [0.25, 0.3) is 11.0 Å². The first-order valence-corrected chi connectivity index (χ1v) is 8.02. The minimum atomic E-state index is -0.719. The van der Waals surface area contributed by atoms with Crippen LogP contribution in [0.5, 0.6) is 0 Å². The molecule has 3 rings (SSSR count). The fraction of sp³-hybridized carbons (Fsp3) is 0.500. The minimum absolute atomic E-state index is 0.0673. The van der Waals surface area contributed by atoms with Gasteiger partial charge < -0.3 is 14.8 Å². The first kappa shape index (κ1) is 15.1. The van der Waals surface area contributed by atoms with Crippen molar-refractivity contribution in [2.75, 3.05) is 6.54 Å². The highest BCUT2D eigenvalue weighted by atomic mass is 16.3. The molecule has 0 atom stereocenters. The Kier molecular flexibility index (Phi) is 4.21. The van der Waals surface area contributed by atoms with Gasteiger partial charge in [-0.2, -0.15) is 0 Å². The van der Waals surface area contributed by atoms with Gasteiger partial charge in [0.1, 0.15) is 5.58 Å². The molecule has 1 amide bonds. The smallest absolute Gasteiger partial charge is 0.224 e. The molecule has 0 saturated heterocycles. The average Bonchev–Trinajstić information content (AvgIpc) is 2.88. The van der Waals surface area contributed by atoms with Gasteiger partial charge >= 0.3 is 0 Å². The second kappa shape index (κ2) is 6.13. The topological polar surface area (TPSA) is 62.5 Å². The summed E-state index contributed by atoms with van der Waals surface area (Å²) in [7, 11) is 0. The van der Waals surface area contributed by atoms with Gasteiger partial charge in [0, 0.05) is 17.5 Å². The Morgan fingerprint density at radius 1 is 1.32 bits per heavy atom. The second-order valence-corrected chi connectivity index (χ2v) is 6.50. The molecule has 1 fully saturated rings. The molecule has 0 aliphatic heterocycles. The van der Waals surface area contributed by atoms with Gasteiger partial charge in [-0.3, -0.25) is 4.79 Å². The molecule has 0 radical (unpaired) electrons. The largest absolute Gasteiger partial charge is 0.464 e. The maximum atomic E-state index is 12.1. The quantitative estimate of drug-likeness (QED) is 0.912. The van der Waals surface area contributed by atoms with E-state index < -0.39 is 5.60 Å². The molecule has 0 unspecified atom stereocenters. The second-order valence-electron chi connectivity index (χ2n) is 6.50. The molecular weight excluding hydrogens is 278 g/mol. The van der Waals surface area contributed by atoms with Crippen molar-refractivity contribution in [1.82, 2.24) is 5.32 Å². The number of carbonyl (C=O) groups excluding carboxylic acids is 1. The highest BCUT2D eigenvalue weighted by molar-refractivity contribution is 5.87. The summed E-state index contributed by atoms with van der Waals surface area (Å²) in [6.45, 7) is 2.36. The fourth-order valence-electron chi connectivity index (χ4n) is 3.21. The summed E-state index contributed by atoms with van der Waals surface area (Å²) in [6.07, 6.45) is 6.75. The number of rotatable bonds is 4. The van der Waals surface area contributed by atoms with Crippen molar-refractivity contribution in [2.24, 2.45) is 0 Å². The van der Waals surface area contributed by atoms with E-state index in [2.05, 4.69) is 5.32 Å². The summed E-state index contributed by atoms with van der Waals surface area (Å²) in [6, 6.07) is 5.98. The lowest BCUT2D eigenvalue weighted by Gasteiger charge is -2.32. The predicted octanol–water partition coefficient (Wildman–Crippen LogP) is 3.10. The highest BCUT2D eigenvalue weighted by Crippen LogP contribution is 2.27. The Balaban J connectivity index is 1.61. The molecule has 1 aromatic carbocycles. The van der Waals surface area contributed by atoms with Crippen LogP contribution in [0.2, 0.25) is 0 Å². The van der Waals surface area contributed by atoms with Crippen LogP contribution in [0.3, 0.4) is 0 Å². The Hall–Kier alpha value is -1.81. The molecule has 1 aromatic heterocycles. The van der Waals surface area contributed by atoms with Crippen LogP contribution in [-0.2, 0) is 11.2 Å². The summed E-state index contributed by atoms with van der Waals surface area (Å²) in [5, 5.41) is 14.3. The monoisotopic (exact) mass is 301 g/mol. The number of fused-ring (bicyclic) bond motifs is 1. The number of hydrogen-bond donors (Lipinski definition) is 2. The molecule has 1 heterocycles. The van der Waals surface area contributed by atoms with Gasteiger partial charge in [0.15, 0.2) is 0 Å². The van der Waals surface area contributed by atoms with Crippen LogP contribution in [0.4, 0.5) is 0 Å². The Bertz CT molecular complexity index is 668. The third-order valence-electron chi connectivity index (χ3n) is 4.56. The van der Waals surface area contributed by atoms with Crippen molar-refractivity contribution < 1.29 is 14.3 Å². The van der Waals surface area contributed by atoms with E-state index in [1.165, 1.54) is 6.42 Å². The number of furan rings is 1. The van der Waals surface area contributed by atoms with E-state index in [4.69, 9.17) is 4.42 Å². The van der Waals surface area contributed by atoms with E-state index in [1.54, 1.807) is 6.26 Å². The number of aliphatic hydroxyl groups is 1. The van der Waals surface area contributed by atoms with Crippen LogP contribution in [0.1, 0.15) is 43.2 Å². The van der Waals surface area contributed by atoms with Gasteiger partial charge in [-0.05, 0) is 31.4 Å². The van der Waals surface area contributed by atoms with E-state index in [0.717, 1.165) is 47.8 Å². The molecule has 4 nitrogen and oxygen atoms in total. The summed E-state index contributed by atoms with van der Waals surface area (Å²) < 4.78 is 5.52. The minimum Gasteiger partial charge on any atom is -0.464 e. The lowest BCUT2D eigenvalue weighted by atomic mass is 9.85. The van der Waals surface area contributed by atoms with Crippen molar-refractivity contribution >= 4 is 16.9 Å². The summed E-state index contributed by atoms with van der Waals surface area (Å²) in [5.74, 6) is -0.0673. The fourth-order valence-corrected chi connectivity index (χ4v) is 3.21. The summed E-state index contributed by atoms with van der Waals surface area (Å²) >= 11 is 0. The summed E-state index contributed by atoms with van der Waals surface area (Å²) in [5.41, 5.74) is 2.12. The van der Waals surface area contributed by atoms with Crippen LogP contribution < -0.4 is 5.32 Å². The third-order valence-corrected chi connectivity index (χ3v) is 4.56. The molecule has 2 aromatic rings. The predicted molar refractivity (Wildman–Crippen MR) is 85.7 cm³/mol. The van der Waals surface area contributed by atoms with E-state index >= 15 is 0 Å². The molecule has 2 N–H and O–H groups in total. The Morgan fingerprint density at radius 3 is 2.86 bits per heavy atom. The number of aryl methyl sites for hydroxylation is 1. The third kappa shape index (κ3) is 3.33. The maximum Gasteiger partial charge on any atom is 0.224 e. The van der Waals surface area contributed by atoms with E-state index in [0.29, 0.717) is 6.54 Å². The van der Waals surface area contributed by atoms with Crippen molar-refractivity contribution in [3.05, 3.63) is 35.6 Å². The SMILES string of the molecule is Cc1ccc2c(CC(=O)NCC3(O)CCCCC3)coc2c1. The zero-order valence-electron chi connectivity index (χ0n) is 13.0. The molecule has 118 valence electrons. The zero-order chi connectivity index (χ0) is 15.6. The number of benzene rings is 1. The molecule has 0 bridgehead atoms. The Morgan fingerprint density at radius 2 is 2.09 bits per heavy atom. The van der Waals surface area contributed by atoms with E-state index in [1.807, 2.05) is 25.1 Å². The Labute approximate surface area is 130 Å². The zero-order valence-corrected chi connectivity index (χ0v) is 13.0. The number of carbonyl (C=O) groups is 1. The van der Waals surface area contributed by atoms with E-state index in [-0.39, 0.29) is 12.3 Å². The molecule has 1 aliphatic rings. The molecule has 4 heteroatoms. The number of amides is 1. The molecule has 0 spiro atoms. The molecule has 22 heavy (non-hydrogen) atoms. The van der Waals surface area contributed by atoms with Crippen molar-refractivity contribution in [3.63, 3.8) is 0 Å². The lowest BCUT2D eigenvalue weighted by Crippen LogP contribution is -2.44. The lowest BCUT2D eigenvalue weighted by molar-refractivity contribution is -0.122. The van der Waals surface area contributed by atoms with Gasteiger partial charge in [-0.25, -0.2) is 0 Å². The average molecular weight is 301 g/mol.